The highest BCUT2D eigenvalue weighted by Gasteiger charge is 2.19. The van der Waals surface area contributed by atoms with Gasteiger partial charge in [-0.2, -0.15) is 0 Å². The molecule has 0 aromatic heterocycles. The molecule has 0 aliphatic heterocycles. The minimum absolute atomic E-state index is 0.0726. The topological polar surface area (TPSA) is 78.9 Å². The predicted octanol–water partition coefficient (Wildman–Crippen LogP) is 22.6. The second-order valence-electron chi connectivity index (χ2n) is 22.4. The Morgan fingerprint density at radius 1 is 0.267 bits per heavy atom. The Kier molecular flexibility index (Phi) is 61.7. The standard InChI is InChI=1S/C69H126O6/c1-4-7-10-13-16-19-22-25-28-29-30-31-32-33-34-35-36-37-38-39-42-44-47-50-53-56-59-62-68(71)74-65-66(75-69(72)63-60-57-54-51-48-45-41-27-24-21-18-15-12-9-6-3)64-73-67(70)61-58-55-52-49-46-43-40-26-23-20-17-14-11-8-5-2/h22,25,27,29-30,32-33,41,66H,4-21,23-24,26,28,31,34-40,42-65H2,1-3H3/b25-22-,30-29-,33-32-,41-27-. The van der Waals surface area contributed by atoms with E-state index in [1.807, 2.05) is 0 Å². The van der Waals surface area contributed by atoms with Gasteiger partial charge in [0.05, 0.1) is 0 Å². The van der Waals surface area contributed by atoms with Gasteiger partial charge in [-0.1, -0.05) is 301 Å². The third-order valence-electron chi connectivity index (χ3n) is 14.8. The summed E-state index contributed by atoms with van der Waals surface area (Å²) in [6.45, 7) is 6.67. The number of unbranched alkanes of at least 4 members (excludes halogenated alkanes) is 42. The Bertz CT molecular complexity index is 1300. The van der Waals surface area contributed by atoms with Gasteiger partial charge in [-0.15, -0.1) is 0 Å². The third kappa shape index (κ3) is 62.1. The van der Waals surface area contributed by atoms with E-state index in [9.17, 15) is 14.4 Å². The van der Waals surface area contributed by atoms with Crippen molar-refractivity contribution in [1.29, 1.82) is 0 Å². The fourth-order valence-corrected chi connectivity index (χ4v) is 9.80. The first-order valence-electron chi connectivity index (χ1n) is 33.1. The zero-order chi connectivity index (χ0) is 54.3. The predicted molar refractivity (Wildman–Crippen MR) is 325 cm³/mol. The molecule has 0 aliphatic rings. The summed E-state index contributed by atoms with van der Waals surface area (Å²) >= 11 is 0. The first-order valence-corrected chi connectivity index (χ1v) is 33.1. The maximum Gasteiger partial charge on any atom is 0.306 e. The van der Waals surface area contributed by atoms with Crippen molar-refractivity contribution in [2.75, 3.05) is 13.2 Å². The highest BCUT2D eigenvalue weighted by molar-refractivity contribution is 5.71. The molecule has 75 heavy (non-hydrogen) atoms. The number of ether oxygens (including phenoxy) is 3. The van der Waals surface area contributed by atoms with Crippen LogP contribution in [0.15, 0.2) is 48.6 Å². The fourth-order valence-electron chi connectivity index (χ4n) is 9.80. The average molecular weight is 1050 g/mol. The van der Waals surface area contributed by atoms with Gasteiger partial charge in [0.15, 0.2) is 6.10 Å². The number of carbonyl (C=O) groups excluding carboxylic acids is 3. The van der Waals surface area contributed by atoms with Crippen LogP contribution in [0.25, 0.3) is 0 Å². The van der Waals surface area contributed by atoms with Crippen molar-refractivity contribution >= 4 is 17.9 Å². The van der Waals surface area contributed by atoms with E-state index in [2.05, 4.69) is 69.4 Å². The second-order valence-corrected chi connectivity index (χ2v) is 22.4. The van der Waals surface area contributed by atoms with E-state index in [4.69, 9.17) is 14.2 Å². The fraction of sp³-hybridized carbons (Fsp3) is 0.841. The van der Waals surface area contributed by atoms with Crippen molar-refractivity contribution in [2.24, 2.45) is 0 Å². The van der Waals surface area contributed by atoms with Gasteiger partial charge < -0.3 is 14.2 Å². The van der Waals surface area contributed by atoms with Crippen LogP contribution in [0.2, 0.25) is 0 Å². The Hall–Kier alpha value is -2.63. The molecule has 0 amide bonds. The van der Waals surface area contributed by atoms with Gasteiger partial charge in [-0.3, -0.25) is 14.4 Å². The molecule has 0 N–H and O–H groups in total. The van der Waals surface area contributed by atoms with Crippen LogP contribution in [0.1, 0.15) is 355 Å². The van der Waals surface area contributed by atoms with Gasteiger partial charge in [0, 0.05) is 19.3 Å². The van der Waals surface area contributed by atoms with Gasteiger partial charge in [0.2, 0.25) is 0 Å². The molecule has 0 aromatic carbocycles. The smallest absolute Gasteiger partial charge is 0.306 e. The number of hydrogen-bond acceptors (Lipinski definition) is 6. The van der Waals surface area contributed by atoms with Crippen LogP contribution < -0.4 is 0 Å². The van der Waals surface area contributed by atoms with E-state index < -0.39 is 6.10 Å². The third-order valence-corrected chi connectivity index (χ3v) is 14.8. The summed E-state index contributed by atoms with van der Waals surface area (Å²) in [4.78, 5) is 38.3. The minimum Gasteiger partial charge on any atom is -0.462 e. The largest absolute Gasteiger partial charge is 0.462 e. The van der Waals surface area contributed by atoms with Crippen LogP contribution in [0.3, 0.4) is 0 Å². The second kappa shape index (κ2) is 63.9. The summed E-state index contributed by atoms with van der Waals surface area (Å²) in [6, 6.07) is 0. The maximum atomic E-state index is 12.9. The SMILES string of the molecule is CCCCCCC/C=C\C/C=C\C/C=C\CCCCCCCCCCCCCCC(=O)OCC(COC(=O)CCCCCCCCCCCCCCCCC)OC(=O)CCCCCCC/C=C\CCCCCCCC. The summed E-state index contributed by atoms with van der Waals surface area (Å²) in [5.74, 6) is -0.861. The number of rotatable bonds is 61. The zero-order valence-corrected chi connectivity index (χ0v) is 50.3. The van der Waals surface area contributed by atoms with E-state index in [1.54, 1.807) is 0 Å². The molecule has 438 valence electrons. The van der Waals surface area contributed by atoms with Gasteiger partial charge in [-0.05, 0) is 83.5 Å². The van der Waals surface area contributed by atoms with Gasteiger partial charge in [-0.25, -0.2) is 0 Å². The summed E-state index contributed by atoms with van der Waals surface area (Å²) in [5.41, 5.74) is 0. The van der Waals surface area contributed by atoms with E-state index in [1.165, 1.54) is 238 Å². The van der Waals surface area contributed by atoms with Crippen molar-refractivity contribution in [3.05, 3.63) is 48.6 Å². The highest BCUT2D eigenvalue weighted by atomic mass is 16.6. The van der Waals surface area contributed by atoms with Gasteiger partial charge in [0.1, 0.15) is 13.2 Å². The number of carbonyl (C=O) groups is 3. The van der Waals surface area contributed by atoms with Crippen LogP contribution in [-0.4, -0.2) is 37.2 Å². The molecule has 0 saturated heterocycles. The lowest BCUT2D eigenvalue weighted by Gasteiger charge is -2.18. The molecular formula is C69H126O6. The molecule has 0 bridgehead atoms. The first kappa shape index (κ1) is 72.4. The molecule has 0 spiro atoms. The van der Waals surface area contributed by atoms with Crippen LogP contribution in [-0.2, 0) is 28.6 Å². The lowest BCUT2D eigenvalue weighted by molar-refractivity contribution is -0.167. The van der Waals surface area contributed by atoms with Crippen LogP contribution in [0, 0.1) is 0 Å². The molecule has 0 saturated carbocycles. The Labute approximate surface area is 467 Å². The molecule has 1 unspecified atom stereocenters. The minimum atomic E-state index is -0.776. The van der Waals surface area contributed by atoms with Crippen molar-refractivity contribution < 1.29 is 28.6 Å². The van der Waals surface area contributed by atoms with Crippen molar-refractivity contribution in [3.8, 4) is 0 Å². The number of hydrogen-bond donors (Lipinski definition) is 0. The van der Waals surface area contributed by atoms with Gasteiger partial charge in [0.25, 0.3) is 0 Å². The molecule has 1 atom stereocenters. The van der Waals surface area contributed by atoms with Crippen LogP contribution in [0.4, 0.5) is 0 Å². The number of allylic oxidation sites excluding steroid dienone is 8. The molecule has 0 radical (unpaired) electrons. The van der Waals surface area contributed by atoms with Crippen molar-refractivity contribution in [2.45, 2.75) is 361 Å². The molecule has 6 heteroatoms. The number of esters is 3. The molecule has 0 fully saturated rings. The molecule has 0 heterocycles. The summed E-state index contributed by atoms with van der Waals surface area (Å²) < 4.78 is 16.9. The van der Waals surface area contributed by atoms with Gasteiger partial charge >= 0.3 is 17.9 Å². The summed E-state index contributed by atoms with van der Waals surface area (Å²) in [6.07, 6.45) is 79.8. The van der Waals surface area contributed by atoms with Crippen molar-refractivity contribution in [1.82, 2.24) is 0 Å². The average Bonchev–Trinajstić information content (AvgIpc) is 3.41. The monoisotopic (exact) mass is 1050 g/mol. The van der Waals surface area contributed by atoms with E-state index in [0.717, 1.165) is 77.0 Å². The van der Waals surface area contributed by atoms with E-state index in [-0.39, 0.29) is 31.1 Å². The lowest BCUT2D eigenvalue weighted by Crippen LogP contribution is -2.30. The highest BCUT2D eigenvalue weighted by Crippen LogP contribution is 2.17. The van der Waals surface area contributed by atoms with E-state index >= 15 is 0 Å². The van der Waals surface area contributed by atoms with Crippen molar-refractivity contribution in [3.63, 3.8) is 0 Å². The Morgan fingerprint density at radius 2 is 0.480 bits per heavy atom. The normalized spacial score (nSPS) is 12.3. The summed E-state index contributed by atoms with van der Waals surface area (Å²) in [7, 11) is 0. The zero-order valence-electron chi connectivity index (χ0n) is 50.3. The quantitative estimate of drug-likeness (QED) is 0.0261. The van der Waals surface area contributed by atoms with E-state index in [0.29, 0.717) is 19.3 Å². The van der Waals surface area contributed by atoms with Crippen LogP contribution >= 0.6 is 0 Å². The first-order chi connectivity index (χ1) is 37.0. The summed E-state index contributed by atoms with van der Waals surface area (Å²) in [5, 5.41) is 0. The molecular weight excluding hydrogens is 925 g/mol. The molecule has 6 nitrogen and oxygen atoms in total. The lowest BCUT2D eigenvalue weighted by atomic mass is 10.0. The molecule has 0 aliphatic carbocycles. The molecule has 0 aromatic rings. The Balaban J connectivity index is 4.25. The molecule has 0 rings (SSSR count). The van der Waals surface area contributed by atoms with Crippen LogP contribution in [0.5, 0.6) is 0 Å². The Morgan fingerprint density at radius 3 is 0.760 bits per heavy atom. The maximum absolute atomic E-state index is 12.9.